The predicted molar refractivity (Wildman–Crippen MR) is 65.2 cm³/mol. The van der Waals surface area contributed by atoms with Crippen molar-refractivity contribution in [1.29, 1.82) is 0 Å². The Morgan fingerprint density at radius 1 is 1.31 bits per heavy atom. The molecule has 1 atom stereocenters. The van der Waals surface area contributed by atoms with Crippen molar-refractivity contribution in [2.45, 2.75) is 31.8 Å². The minimum atomic E-state index is 0.121. The molecule has 0 saturated heterocycles. The first-order valence-electron chi connectivity index (χ1n) is 5.94. The van der Waals surface area contributed by atoms with Gasteiger partial charge in [0.2, 0.25) is 0 Å². The Labute approximate surface area is 96.8 Å². The lowest BCUT2D eigenvalue weighted by Gasteiger charge is -2.36. The number of nitrogens with two attached hydrogens (primary N) is 2. The molecule has 0 radical (unpaired) electrons. The van der Waals surface area contributed by atoms with Crippen LogP contribution < -0.4 is 16.2 Å². The quantitative estimate of drug-likeness (QED) is 0.813. The van der Waals surface area contributed by atoms with Crippen molar-refractivity contribution in [2.24, 2.45) is 17.4 Å². The summed E-state index contributed by atoms with van der Waals surface area (Å²) in [5.74, 6) is 1.46. The third-order valence-corrected chi connectivity index (χ3v) is 3.29. The SMILES string of the molecule is CCOc1ccc(C(N)C2CC(N)C2)cc1. The van der Waals surface area contributed by atoms with E-state index in [1.165, 1.54) is 5.56 Å². The van der Waals surface area contributed by atoms with Crippen molar-refractivity contribution in [3.63, 3.8) is 0 Å². The van der Waals surface area contributed by atoms with E-state index < -0.39 is 0 Å². The third kappa shape index (κ3) is 2.36. The molecule has 4 N–H and O–H groups in total. The largest absolute Gasteiger partial charge is 0.494 e. The second-order valence-corrected chi connectivity index (χ2v) is 4.52. The summed E-state index contributed by atoms with van der Waals surface area (Å²) in [5.41, 5.74) is 13.1. The molecule has 1 unspecified atom stereocenters. The third-order valence-electron chi connectivity index (χ3n) is 3.29. The summed E-state index contributed by atoms with van der Waals surface area (Å²) < 4.78 is 5.40. The van der Waals surface area contributed by atoms with Crippen LogP contribution in [-0.4, -0.2) is 12.6 Å². The molecule has 0 aliphatic heterocycles. The summed E-state index contributed by atoms with van der Waals surface area (Å²) in [6.45, 7) is 2.68. The molecule has 0 aromatic heterocycles. The maximum atomic E-state index is 6.19. The zero-order valence-electron chi connectivity index (χ0n) is 9.73. The molecule has 3 heteroatoms. The molecule has 1 aromatic rings. The average Bonchev–Trinajstić information content (AvgIpc) is 2.25. The van der Waals surface area contributed by atoms with Gasteiger partial charge in [-0.3, -0.25) is 0 Å². The summed E-state index contributed by atoms with van der Waals surface area (Å²) in [6, 6.07) is 8.56. The van der Waals surface area contributed by atoms with Crippen molar-refractivity contribution in [1.82, 2.24) is 0 Å². The van der Waals surface area contributed by atoms with Crippen LogP contribution in [-0.2, 0) is 0 Å². The maximum absolute atomic E-state index is 6.19. The van der Waals surface area contributed by atoms with Gasteiger partial charge in [0.1, 0.15) is 5.75 Å². The molecule has 1 aliphatic carbocycles. The summed E-state index contributed by atoms with van der Waals surface area (Å²) >= 11 is 0. The van der Waals surface area contributed by atoms with Gasteiger partial charge in [0.05, 0.1) is 6.61 Å². The monoisotopic (exact) mass is 220 g/mol. The fourth-order valence-electron chi connectivity index (χ4n) is 2.23. The van der Waals surface area contributed by atoms with Crippen LogP contribution in [0.2, 0.25) is 0 Å². The minimum absolute atomic E-state index is 0.121. The van der Waals surface area contributed by atoms with Gasteiger partial charge in [-0.2, -0.15) is 0 Å². The fraction of sp³-hybridized carbons (Fsp3) is 0.538. The molecule has 0 bridgehead atoms. The van der Waals surface area contributed by atoms with Crippen molar-refractivity contribution in [3.8, 4) is 5.75 Å². The van der Waals surface area contributed by atoms with E-state index in [0.717, 1.165) is 18.6 Å². The number of benzene rings is 1. The lowest BCUT2D eigenvalue weighted by atomic mass is 9.74. The van der Waals surface area contributed by atoms with Gasteiger partial charge < -0.3 is 16.2 Å². The number of hydrogen-bond acceptors (Lipinski definition) is 3. The van der Waals surface area contributed by atoms with Crippen molar-refractivity contribution in [3.05, 3.63) is 29.8 Å². The van der Waals surface area contributed by atoms with E-state index in [-0.39, 0.29) is 6.04 Å². The number of rotatable bonds is 4. The van der Waals surface area contributed by atoms with E-state index in [2.05, 4.69) is 12.1 Å². The highest BCUT2D eigenvalue weighted by atomic mass is 16.5. The predicted octanol–water partition coefficient (Wildman–Crippen LogP) is 1.82. The molecule has 0 heterocycles. The van der Waals surface area contributed by atoms with Gasteiger partial charge in [-0.25, -0.2) is 0 Å². The minimum Gasteiger partial charge on any atom is -0.494 e. The molecule has 16 heavy (non-hydrogen) atoms. The Morgan fingerprint density at radius 3 is 2.44 bits per heavy atom. The Hall–Kier alpha value is -1.06. The summed E-state index contributed by atoms with van der Waals surface area (Å²) in [4.78, 5) is 0. The van der Waals surface area contributed by atoms with Crippen LogP contribution >= 0.6 is 0 Å². The summed E-state index contributed by atoms with van der Waals surface area (Å²) in [7, 11) is 0. The summed E-state index contributed by atoms with van der Waals surface area (Å²) in [5, 5.41) is 0. The molecular formula is C13H20N2O. The molecule has 2 rings (SSSR count). The second kappa shape index (κ2) is 4.85. The standard InChI is InChI=1S/C13H20N2O/c1-2-16-12-5-3-9(4-6-12)13(15)10-7-11(14)8-10/h3-6,10-11,13H,2,7-8,14-15H2,1H3. The molecule has 1 aromatic carbocycles. The van der Waals surface area contributed by atoms with Crippen molar-refractivity contribution >= 4 is 0 Å². The fourth-order valence-corrected chi connectivity index (χ4v) is 2.23. The molecule has 1 fully saturated rings. The van der Waals surface area contributed by atoms with Crippen LogP contribution in [0.1, 0.15) is 31.4 Å². The lowest BCUT2D eigenvalue weighted by Crippen LogP contribution is -2.41. The van der Waals surface area contributed by atoms with Gasteiger partial charge in [0, 0.05) is 12.1 Å². The van der Waals surface area contributed by atoms with Crippen LogP contribution in [0.3, 0.4) is 0 Å². The Balaban J connectivity index is 1.98. The second-order valence-electron chi connectivity index (χ2n) is 4.52. The smallest absolute Gasteiger partial charge is 0.119 e. The van der Waals surface area contributed by atoms with Gasteiger partial charge in [-0.15, -0.1) is 0 Å². The summed E-state index contributed by atoms with van der Waals surface area (Å²) in [6.07, 6.45) is 2.10. The van der Waals surface area contributed by atoms with Crippen molar-refractivity contribution < 1.29 is 4.74 Å². The average molecular weight is 220 g/mol. The molecule has 1 saturated carbocycles. The van der Waals surface area contributed by atoms with Gasteiger partial charge in [-0.1, -0.05) is 12.1 Å². The van der Waals surface area contributed by atoms with Crippen LogP contribution in [0.15, 0.2) is 24.3 Å². The lowest BCUT2D eigenvalue weighted by molar-refractivity contribution is 0.224. The molecule has 88 valence electrons. The van der Waals surface area contributed by atoms with E-state index in [0.29, 0.717) is 18.6 Å². The highest BCUT2D eigenvalue weighted by Gasteiger charge is 2.31. The first kappa shape index (κ1) is 11.4. The zero-order valence-corrected chi connectivity index (χ0v) is 9.73. The molecule has 1 aliphatic rings. The molecule has 3 nitrogen and oxygen atoms in total. The van der Waals surface area contributed by atoms with E-state index in [1.807, 2.05) is 19.1 Å². The Bertz CT molecular complexity index is 330. The van der Waals surface area contributed by atoms with E-state index in [1.54, 1.807) is 0 Å². The topological polar surface area (TPSA) is 61.3 Å². The number of ether oxygens (including phenoxy) is 1. The van der Waals surface area contributed by atoms with Gasteiger partial charge in [-0.05, 0) is 43.4 Å². The Kier molecular flexibility index (Phi) is 3.46. The van der Waals surface area contributed by atoms with Crippen molar-refractivity contribution in [2.75, 3.05) is 6.61 Å². The molecular weight excluding hydrogens is 200 g/mol. The highest BCUT2D eigenvalue weighted by molar-refractivity contribution is 5.29. The first-order chi connectivity index (χ1) is 7.70. The van der Waals surface area contributed by atoms with E-state index in [9.17, 15) is 0 Å². The van der Waals surface area contributed by atoms with Crippen LogP contribution in [0.5, 0.6) is 5.75 Å². The number of hydrogen-bond donors (Lipinski definition) is 2. The zero-order chi connectivity index (χ0) is 11.5. The normalized spacial score (nSPS) is 25.9. The van der Waals surface area contributed by atoms with Gasteiger partial charge in [0.15, 0.2) is 0 Å². The van der Waals surface area contributed by atoms with Crippen LogP contribution in [0.4, 0.5) is 0 Å². The van der Waals surface area contributed by atoms with E-state index >= 15 is 0 Å². The van der Waals surface area contributed by atoms with Gasteiger partial charge >= 0.3 is 0 Å². The maximum Gasteiger partial charge on any atom is 0.119 e. The van der Waals surface area contributed by atoms with Crippen LogP contribution in [0, 0.1) is 5.92 Å². The van der Waals surface area contributed by atoms with Crippen LogP contribution in [0.25, 0.3) is 0 Å². The van der Waals surface area contributed by atoms with E-state index in [4.69, 9.17) is 16.2 Å². The molecule has 0 amide bonds. The van der Waals surface area contributed by atoms with Gasteiger partial charge in [0.25, 0.3) is 0 Å². The highest BCUT2D eigenvalue weighted by Crippen LogP contribution is 2.35. The molecule has 0 spiro atoms. The Morgan fingerprint density at radius 2 is 1.94 bits per heavy atom. The first-order valence-corrected chi connectivity index (χ1v) is 5.94.